The Morgan fingerprint density at radius 1 is 1.41 bits per heavy atom. The van der Waals surface area contributed by atoms with Crippen LogP contribution in [0, 0.1) is 0 Å². The van der Waals surface area contributed by atoms with E-state index in [4.69, 9.17) is 5.73 Å². The molecule has 0 aliphatic carbocycles. The fraction of sp³-hybridized carbons (Fsp3) is 0.100. The number of hydrogen-bond donors (Lipinski definition) is 2. The van der Waals surface area contributed by atoms with Crippen LogP contribution in [0.4, 0.5) is 5.69 Å². The van der Waals surface area contributed by atoms with Gasteiger partial charge in [-0.2, -0.15) is 5.10 Å². The Kier molecular flexibility index (Phi) is 2.25. The van der Waals surface area contributed by atoms with E-state index in [2.05, 4.69) is 20.4 Å². The highest BCUT2D eigenvalue weighted by Gasteiger charge is 2.08. The highest BCUT2D eigenvalue weighted by molar-refractivity contribution is 7.99. The van der Waals surface area contributed by atoms with Crippen LogP contribution in [0.1, 0.15) is 0 Å². The average Bonchev–Trinajstić information content (AvgIpc) is 2.89. The summed E-state index contributed by atoms with van der Waals surface area (Å²) in [6.07, 6.45) is 3.41. The second-order valence-electron chi connectivity index (χ2n) is 3.67. The van der Waals surface area contributed by atoms with Gasteiger partial charge in [-0.1, -0.05) is 0 Å². The molecule has 0 spiro atoms. The van der Waals surface area contributed by atoms with Crippen molar-refractivity contribution in [1.82, 2.24) is 25.0 Å². The van der Waals surface area contributed by atoms with E-state index in [1.807, 2.05) is 23.7 Å². The first-order valence-electron chi connectivity index (χ1n) is 4.98. The Labute approximate surface area is 101 Å². The molecule has 0 saturated heterocycles. The third-order valence-corrected chi connectivity index (χ3v) is 3.57. The molecule has 3 rings (SSSR count). The highest BCUT2D eigenvalue weighted by atomic mass is 32.2. The number of aryl methyl sites for hydroxylation is 1. The van der Waals surface area contributed by atoms with Crippen molar-refractivity contribution in [3.63, 3.8) is 0 Å². The van der Waals surface area contributed by atoms with E-state index in [0.717, 1.165) is 21.0 Å². The lowest BCUT2D eigenvalue weighted by atomic mass is 10.2. The van der Waals surface area contributed by atoms with Crippen LogP contribution in [-0.2, 0) is 7.05 Å². The van der Waals surface area contributed by atoms with Gasteiger partial charge in [0, 0.05) is 23.0 Å². The summed E-state index contributed by atoms with van der Waals surface area (Å²) < 4.78 is 1.85. The van der Waals surface area contributed by atoms with E-state index >= 15 is 0 Å². The van der Waals surface area contributed by atoms with Crippen LogP contribution in [0.3, 0.4) is 0 Å². The highest BCUT2D eigenvalue weighted by Crippen LogP contribution is 2.32. The van der Waals surface area contributed by atoms with Gasteiger partial charge in [0.2, 0.25) is 0 Å². The molecule has 17 heavy (non-hydrogen) atoms. The van der Waals surface area contributed by atoms with Gasteiger partial charge >= 0.3 is 0 Å². The molecular weight excluding hydrogens is 236 g/mol. The van der Waals surface area contributed by atoms with Crippen molar-refractivity contribution in [3.05, 3.63) is 24.7 Å². The molecule has 0 aliphatic rings. The monoisotopic (exact) mass is 246 g/mol. The van der Waals surface area contributed by atoms with Crippen molar-refractivity contribution in [3.8, 4) is 0 Å². The summed E-state index contributed by atoms with van der Waals surface area (Å²) in [4.78, 5) is 0.942. The van der Waals surface area contributed by atoms with Crippen molar-refractivity contribution in [2.24, 2.45) is 7.05 Å². The van der Waals surface area contributed by atoms with Crippen LogP contribution >= 0.6 is 11.8 Å². The van der Waals surface area contributed by atoms with E-state index in [0.29, 0.717) is 5.69 Å². The quantitative estimate of drug-likeness (QED) is 0.668. The van der Waals surface area contributed by atoms with E-state index < -0.39 is 0 Å². The molecule has 0 atom stereocenters. The van der Waals surface area contributed by atoms with Crippen molar-refractivity contribution in [2.45, 2.75) is 10.1 Å². The molecule has 0 saturated carbocycles. The number of benzene rings is 1. The Balaban J connectivity index is 2.05. The summed E-state index contributed by atoms with van der Waals surface area (Å²) >= 11 is 1.48. The second-order valence-corrected chi connectivity index (χ2v) is 4.68. The molecule has 7 heteroatoms. The second kappa shape index (κ2) is 3.77. The topological polar surface area (TPSA) is 85.4 Å². The van der Waals surface area contributed by atoms with Gasteiger partial charge in [0.15, 0.2) is 5.16 Å². The fourth-order valence-corrected chi connectivity index (χ4v) is 2.37. The molecule has 0 aliphatic heterocycles. The van der Waals surface area contributed by atoms with Gasteiger partial charge in [-0.3, -0.25) is 5.10 Å². The summed E-state index contributed by atoms with van der Waals surface area (Å²) in [6.45, 7) is 0. The van der Waals surface area contributed by atoms with Gasteiger partial charge in [0.25, 0.3) is 0 Å². The maximum Gasteiger partial charge on any atom is 0.195 e. The van der Waals surface area contributed by atoms with Gasteiger partial charge in [-0.05, 0) is 23.9 Å². The summed E-state index contributed by atoms with van der Waals surface area (Å²) in [5.74, 6) is 0. The van der Waals surface area contributed by atoms with E-state index in [-0.39, 0.29) is 0 Å². The zero-order valence-electron chi connectivity index (χ0n) is 9.08. The van der Waals surface area contributed by atoms with Crippen molar-refractivity contribution in [2.75, 3.05) is 5.73 Å². The minimum absolute atomic E-state index is 0.715. The standard InChI is InChI=1S/C10H10N6S/c1-16-5-13-15-10(16)17-9-3-8-6(2-7(9)11)4-12-14-8/h2-5H,11H2,1H3,(H,12,14). The molecule has 3 N–H and O–H groups in total. The predicted molar refractivity (Wildman–Crippen MR) is 65.6 cm³/mol. The van der Waals surface area contributed by atoms with E-state index in [1.54, 1.807) is 12.5 Å². The lowest BCUT2D eigenvalue weighted by Gasteiger charge is -2.04. The van der Waals surface area contributed by atoms with Crippen molar-refractivity contribution in [1.29, 1.82) is 0 Å². The number of nitrogens with two attached hydrogens (primary N) is 1. The Morgan fingerprint density at radius 2 is 2.29 bits per heavy atom. The number of nitrogens with zero attached hydrogens (tertiary/aromatic N) is 4. The van der Waals surface area contributed by atoms with E-state index in [1.165, 1.54) is 11.8 Å². The Hall–Kier alpha value is -2.02. The smallest absolute Gasteiger partial charge is 0.195 e. The number of rotatable bonds is 2. The van der Waals surface area contributed by atoms with Gasteiger partial charge < -0.3 is 10.3 Å². The average molecular weight is 246 g/mol. The molecule has 0 radical (unpaired) electrons. The van der Waals surface area contributed by atoms with Gasteiger partial charge in [0.05, 0.1) is 11.7 Å². The normalized spacial score (nSPS) is 11.1. The number of nitrogens with one attached hydrogen (secondary N) is 1. The SMILES string of the molecule is Cn1cnnc1Sc1cc2[nH]ncc2cc1N. The number of H-pyrrole nitrogens is 1. The minimum atomic E-state index is 0.715. The van der Waals surface area contributed by atoms with Crippen LogP contribution in [0.25, 0.3) is 10.9 Å². The molecule has 0 amide bonds. The summed E-state index contributed by atoms with van der Waals surface area (Å²) in [5.41, 5.74) is 7.67. The molecular formula is C10H10N6S. The van der Waals surface area contributed by atoms with Crippen LogP contribution < -0.4 is 5.73 Å². The van der Waals surface area contributed by atoms with Gasteiger partial charge in [-0.25, -0.2) is 0 Å². The lowest BCUT2D eigenvalue weighted by molar-refractivity contribution is 0.789. The predicted octanol–water partition coefficient (Wildman–Crippen LogP) is 1.42. The number of nitrogen functional groups attached to an aromatic ring is 1. The molecule has 2 aromatic heterocycles. The zero-order chi connectivity index (χ0) is 11.8. The minimum Gasteiger partial charge on any atom is -0.398 e. The van der Waals surface area contributed by atoms with Crippen molar-refractivity contribution < 1.29 is 0 Å². The summed E-state index contributed by atoms with van der Waals surface area (Å²) in [5, 5.41) is 16.5. The number of anilines is 1. The summed E-state index contributed by atoms with van der Waals surface area (Å²) in [6, 6.07) is 3.87. The first kappa shape index (κ1) is 10.2. The molecule has 6 nitrogen and oxygen atoms in total. The van der Waals surface area contributed by atoms with Crippen molar-refractivity contribution >= 4 is 28.4 Å². The molecule has 1 aromatic carbocycles. The van der Waals surface area contributed by atoms with Crippen LogP contribution in [0.15, 0.2) is 34.7 Å². The lowest BCUT2D eigenvalue weighted by Crippen LogP contribution is -1.92. The Bertz CT molecular complexity index is 670. The Morgan fingerprint density at radius 3 is 3.06 bits per heavy atom. The molecule has 2 heterocycles. The molecule has 3 aromatic rings. The first-order valence-corrected chi connectivity index (χ1v) is 5.80. The number of aromatic nitrogens is 5. The zero-order valence-corrected chi connectivity index (χ0v) is 9.90. The molecule has 0 bridgehead atoms. The summed E-state index contributed by atoms with van der Waals surface area (Å²) in [7, 11) is 1.90. The van der Waals surface area contributed by atoms with Crippen LogP contribution in [-0.4, -0.2) is 25.0 Å². The van der Waals surface area contributed by atoms with E-state index in [9.17, 15) is 0 Å². The molecule has 0 unspecified atom stereocenters. The largest absolute Gasteiger partial charge is 0.398 e. The van der Waals surface area contributed by atoms with Crippen LogP contribution in [0.2, 0.25) is 0 Å². The molecule has 0 fully saturated rings. The number of hydrogen-bond acceptors (Lipinski definition) is 5. The number of fused-ring (bicyclic) bond motifs is 1. The van der Waals surface area contributed by atoms with Crippen LogP contribution in [0.5, 0.6) is 0 Å². The molecule has 86 valence electrons. The van der Waals surface area contributed by atoms with Gasteiger partial charge in [0.1, 0.15) is 6.33 Å². The number of aromatic amines is 1. The maximum atomic E-state index is 5.99. The first-order chi connectivity index (χ1) is 8.24. The fourth-order valence-electron chi connectivity index (χ4n) is 1.54. The maximum absolute atomic E-state index is 5.99. The third-order valence-electron chi connectivity index (χ3n) is 2.44. The third kappa shape index (κ3) is 1.74. The van der Waals surface area contributed by atoms with Gasteiger partial charge in [-0.15, -0.1) is 10.2 Å².